The molecule has 1 aromatic carbocycles. The fourth-order valence-corrected chi connectivity index (χ4v) is 1.98. The molecule has 0 fully saturated rings. The summed E-state index contributed by atoms with van der Waals surface area (Å²) in [6.07, 6.45) is 1.76. The average molecular weight is 273 g/mol. The first kappa shape index (κ1) is 13.9. The lowest BCUT2D eigenvalue weighted by Gasteiger charge is -2.13. The van der Waals surface area contributed by atoms with E-state index < -0.39 is 5.82 Å². The van der Waals surface area contributed by atoms with Gasteiger partial charge in [-0.25, -0.2) is 9.37 Å². The van der Waals surface area contributed by atoms with Crippen LogP contribution in [0.1, 0.15) is 11.3 Å². The number of nitrogens with one attached hydrogen (secondary N) is 1. The molecule has 2 aromatic rings. The largest absolute Gasteiger partial charge is 0.378 e. The minimum Gasteiger partial charge on any atom is -0.378 e. The summed E-state index contributed by atoms with van der Waals surface area (Å²) in [6.45, 7) is 0.468. The van der Waals surface area contributed by atoms with E-state index in [1.165, 1.54) is 6.07 Å². The van der Waals surface area contributed by atoms with Crippen LogP contribution in [-0.2, 0) is 13.6 Å². The van der Waals surface area contributed by atoms with Crippen molar-refractivity contribution in [2.45, 2.75) is 6.54 Å². The summed E-state index contributed by atoms with van der Waals surface area (Å²) in [5.41, 5.74) is 1.46. The number of rotatable bonds is 4. The molecule has 1 N–H and O–H groups in total. The number of nitrogens with zero attached hydrogens (tertiary/aromatic N) is 4. The molecule has 104 valence electrons. The molecule has 0 radical (unpaired) electrons. The van der Waals surface area contributed by atoms with Gasteiger partial charge in [0.1, 0.15) is 17.4 Å². The molecule has 0 atom stereocenters. The summed E-state index contributed by atoms with van der Waals surface area (Å²) in [6, 6.07) is 6.41. The van der Waals surface area contributed by atoms with Gasteiger partial charge in [0, 0.05) is 21.1 Å². The number of hydrogen-bond acceptors (Lipinski definition) is 4. The van der Waals surface area contributed by atoms with Crippen molar-refractivity contribution >= 4 is 11.6 Å². The normalized spacial score (nSPS) is 10.2. The predicted octanol–water partition coefficient (Wildman–Crippen LogP) is 2.11. The second kappa shape index (κ2) is 5.61. The van der Waals surface area contributed by atoms with Crippen LogP contribution in [0, 0.1) is 17.1 Å². The highest BCUT2D eigenvalue weighted by Crippen LogP contribution is 2.19. The van der Waals surface area contributed by atoms with Gasteiger partial charge in [-0.15, -0.1) is 0 Å². The van der Waals surface area contributed by atoms with Crippen LogP contribution in [0.3, 0.4) is 0 Å². The molecule has 0 unspecified atom stereocenters. The lowest BCUT2D eigenvalue weighted by atomic mass is 10.2. The van der Waals surface area contributed by atoms with Gasteiger partial charge in [0.05, 0.1) is 24.1 Å². The molecule has 0 amide bonds. The Bertz CT molecular complexity index is 654. The molecular formula is C14H16FN5. The van der Waals surface area contributed by atoms with Crippen LogP contribution in [0.5, 0.6) is 0 Å². The maximum Gasteiger partial charge on any atom is 0.204 e. The number of anilines is 2. The maximum absolute atomic E-state index is 13.5. The predicted molar refractivity (Wildman–Crippen MR) is 76.0 cm³/mol. The Hall–Kier alpha value is -2.55. The van der Waals surface area contributed by atoms with E-state index in [0.717, 1.165) is 11.6 Å². The Balaban J connectivity index is 2.18. The summed E-state index contributed by atoms with van der Waals surface area (Å²) in [7, 11) is 5.75. The minimum absolute atomic E-state index is 0.0301. The smallest absolute Gasteiger partial charge is 0.204 e. The Morgan fingerprint density at radius 2 is 2.20 bits per heavy atom. The van der Waals surface area contributed by atoms with E-state index in [1.54, 1.807) is 18.3 Å². The van der Waals surface area contributed by atoms with Gasteiger partial charge in [-0.3, -0.25) is 0 Å². The van der Waals surface area contributed by atoms with Gasteiger partial charge in [0.2, 0.25) is 5.95 Å². The first-order valence-corrected chi connectivity index (χ1v) is 6.15. The molecule has 0 spiro atoms. The number of benzene rings is 1. The van der Waals surface area contributed by atoms with Crippen molar-refractivity contribution in [1.82, 2.24) is 9.55 Å². The van der Waals surface area contributed by atoms with E-state index in [4.69, 9.17) is 5.26 Å². The van der Waals surface area contributed by atoms with Gasteiger partial charge >= 0.3 is 0 Å². The first-order valence-electron chi connectivity index (χ1n) is 6.15. The van der Waals surface area contributed by atoms with E-state index in [9.17, 15) is 4.39 Å². The molecule has 20 heavy (non-hydrogen) atoms. The molecule has 0 saturated heterocycles. The first-order chi connectivity index (χ1) is 9.54. The van der Waals surface area contributed by atoms with E-state index >= 15 is 0 Å². The molecule has 1 heterocycles. The Morgan fingerprint density at radius 1 is 1.45 bits per heavy atom. The number of aromatic nitrogens is 2. The van der Waals surface area contributed by atoms with Crippen molar-refractivity contribution < 1.29 is 4.39 Å². The minimum atomic E-state index is -0.517. The third-order valence-electron chi connectivity index (χ3n) is 3.05. The van der Waals surface area contributed by atoms with Gasteiger partial charge < -0.3 is 14.8 Å². The average Bonchev–Trinajstić information content (AvgIpc) is 2.78. The van der Waals surface area contributed by atoms with Crippen LogP contribution in [0.2, 0.25) is 0 Å². The third kappa shape index (κ3) is 2.57. The van der Waals surface area contributed by atoms with Crippen LogP contribution in [0.15, 0.2) is 24.4 Å². The Labute approximate surface area is 117 Å². The molecule has 1 aromatic heterocycles. The summed E-state index contributed by atoms with van der Waals surface area (Å²) < 4.78 is 15.4. The van der Waals surface area contributed by atoms with Crippen LogP contribution in [0.4, 0.5) is 16.0 Å². The van der Waals surface area contributed by atoms with Gasteiger partial charge in [0.25, 0.3) is 0 Å². The molecule has 0 bridgehead atoms. The monoisotopic (exact) mass is 273 g/mol. The van der Waals surface area contributed by atoms with Crippen LogP contribution < -0.4 is 10.2 Å². The van der Waals surface area contributed by atoms with E-state index in [2.05, 4.69) is 10.3 Å². The highest BCUT2D eigenvalue weighted by molar-refractivity contribution is 5.58. The lowest BCUT2D eigenvalue weighted by Crippen LogP contribution is -2.15. The van der Waals surface area contributed by atoms with Gasteiger partial charge in [-0.2, -0.15) is 5.26 Å². The summed E-state index contributed by atoms with van der Waals surface area (Å²) in [5.74, 6) is 0.318. The number of halogens is 1. The van der Waals surface area contributed by atoms with Crippen molar-refractivity contribution in [3.63, 3.8) is 0 Å². The van der Waals surface area contributed by atoms with Crippen molar-refractivity contribution in [3.8, 4) is 6.07 Å². The molecule has 0 aliphatic heterocycles. The zero-order chi connectivity index (χ0) is 14.7. The van der Waals surface area contributed by atoms with E-state index in [-0.39, 0.29) is 5.56 Å². The van der Waals surface area contributed by atoms with Crippen LogP contribution in [-0.4, -0.2) is 23.6 Å². The molecule has 0 aliphatic carbocycles. The highest BCUT2D eigenvalue weighted by Gasteiger charge is 2.10. The van der Waals surface area contributed by atoms with Gasteiger partial charge in [0.15, 0.2) is 0 Å². The summed E-state index contributed by atoms with van der Waals surface area (Å²) in [5, 5.41) is 12.0. The molecular weight excluding hydrogens is 257 g/mol. The molecule has 6 heteroatoms. The Morgan fingerprint density at radius 3 is 2.80 bits per heavy atom. The Kier molecular flexibility index (Phi) is 3.89. The standard InChI is InChI=1S/C14H16FN5/c1-19(2)14-18-9-10(20(14)3)8-17-13-6-4-5-12(15)11(13)7-16/h4-6,9,17H,8H2,1-3H3. The number of hydrogen-bond donors (Lipinski definition) is 1. The summed E-state index contributed by atoms with van der Waals surface area (Å²) >= 11 is 0. The zero-order valence-corrected chi connectivity index (χ0v) is 11.7. The SMILES string of the molecule is CN(C)c1ncc(CNc2cccc(F)c2C#N)n1C. The number of imidazole rings is 1. The summed E-state index contributed by atoms with van der Waals surface area (Å²) in [4.78, 5) is 6.21. The second-order valence-electron chi connectivity index (χ2n) is 4.63. The molecule has 5 nitrogen and oxygen atoms in total. The fraction of sp³-hybridized carbons (Fsp3) is 0.286. The van der Waals surface area contributed by atoms with Crippen LogP contribution in [0.25, 0.3) is 0 Å². The lowest BCUT2D eigenvalue weighted by molar-refractivity contribution is 0.624. The van der Waals surface area contributed by atoms with E-state index in [0.29, 0.717) is 12.2 Å². The molecule has 0 aliphatic rings. The van der Waals surface area contributed by atoms with Crippen LogP contribution >= 0.6 is 0 Å². The molecule has 0 saturated carbocycles. The van der Waals surface area contributed by atoms with Gasteiger partial charge in [-0.05, 0) is 12.1 Å². The highest BCUT2D eigenvalue weighted by atomic mass is 19.1. The third-order valence-corrected chi connectivity index (χ3v) is 3.05. The number of nitriles is 1. The quantitative estimate of drug-likeness (QED) is 0.927. The zero-order valence-electron chi connectivity index (χ0n) is 11.7. The van der Waals surface area contributed by atoms with Gasteiger partial charge in [-0.1, -0.05) is 6.07 Å². The second-order valence-corrected chi connectivity index (χ2v) is 4.63. The van der Waals surface area contributed by atoms with Crippen molar-refractivity contribution in [2.24, 2.45) is 7.05 Å². The maximum atomic E-state index is 13.5. The van der Waals surface area contributed by atoms with Crippen molar-refractivity contribution in [3.05, 3.63) is 41.5 Å². The van der Waals surface area contributed by atoms with E-state index in [1.807, 2.05) is 36.7 Å². The fourth-order valence-electron chi connectivity index (χ4n) is 1.98. The molecule has 2 rings (SSSR count). The van der Waals surface area contributed by atoms with Crippen molar-refractivity contribution in [1.29, 1.82) is 5.26 Å². The topological polar surface area (TPSA) is 56.9 Å². The van der Waals surface area contributed by atoms with Crippen molar-refractivity contribution in [2.75, 3.05) is 24.3 Å².